The molecule has 2 aliphatic heterocycles. The van der Waals surface area contributed by atoms with Crippen molar-refractivity contribution in [2.75, 3.05) is 40.3 Å². The van der Waals surface area contributed by atoms with E-state index < -0.39 is 0 Å². The number of quaternary nitrogens is 2. The van der Waals surface area contributed by atoms with E-state index in [2.05, 4.69) is 7.05 Å². The van der Waals surface area contributed by atoms with E-state index in [1.165, 1.54) is 9.80 Å². The van der Waals surface area contributed by atoms with Crippen molar-refractivity contribution in [2.45, 2.75) is 6.54 Å². The van der Waals surface area contributed by atoms with Crippen molar-refractivity contribution in [3.05, 3.63) is 58.8 Å². The Kier molecular flexibility index (Phi) is 5.07. The molecule has 0 amide bonds. The fourth-order valence-corrected chi connectivity index (χ4v) is 3.78. The maximum atomic E-state index is 12.8. The van der Waals surface area contributed by atoms with Gasteiger partial charge in [0.25, 0.3) is 0 Å². The number of aromatic hydroxyl groups is 1. The summed E-state index contributed by atoms with van der Waals surface area (Å²) >= 11 is 0. The molecule has 6 nitrogen and oxygen atoms in total. The lowest BCUT2D eigenvalue weighted by molar-refractivity contribution is -1.01. The molecular weight excluding hydrogens is 356 g/mol. The standard InChI is InChI=1S/C22H24N2O4/c1-23-9-11-24(12-10-23)14-18-19(25)8-7-17-21(26)20(28-22(17)18)13-15-3-5-16(27-2)6-4-15/h3-8,13,25H,9-12,14H2,1-2H3/p+2. The third-order valence-electron chi connectivity index (χ3n) is 5.57. The lowest BCUT2D eigenvalue weighted by atomic mass is 10.0. The lowest BCUT2D eigenvalue weighted by Gasteiger charge is -2.27. The summed E-state index contributed by atoms with van der Waals surface area (Å²) < 4.78 is 11.1. The number of likely N-dealkylation sites (N-methyl/N-ethyl adjacent to an activating group) is 1. The number of hydrogen-bond donors (Lipinski definition) is 3. The van der Waals surface area contributed by atoms with Crippen LogP contribution in [0.25, 0.3) is 6.08 Å². The van der Waals surface area contributed by atoms with Gasteiger partial charge >= 0.3 is 0 Å². The van der Waals surface area contributed by atoms with Crippen molar-refractivity contribution in [1.82, 2.24) is 0 Å². The first kappa shape index (κ1) is 18.5. The van der Waals surface area contributed by atoms with E-state index in [0.29, 0.717) is 17.9 Å². The van der Waals surface area contributed by atoms with Gasteiger partial charge in [0, 0.05) is 0 Å². The Balaban J connectivity index is 1.60. The van der Waals surface area contributed by atoms with Gasteiger partial charge in [0.05, 0.1) is 25.3 Å². The quantitative estimate of drug-likeness (QED) is 0.648. The highest BCUT2D eigenvalue weighted by Crippen LogP contribution is 2.39. The first-order valence-corrected chi connectivity index (χ1v) is 9.63. The molecular formula is C22H26N2O4+2. The number of piperazine rings is 1. The van der Waals surface area contributed by atoms with E-state index in [9.17, 15) is 9.90 Å². The second kappa shape index (κ2) is 7.66. The molecule has 3 N–H and O–H groups in total. The van der Waals surface area contributed by atoms with Gasteiger partial charge in [-0.15, -0.1) is 0 Å². The van der Waals surface area contributed by atoms with Gasteiger partial charge in [-0.25, -0.2) is 0 Å². The number of ether oxygens (including phenoxy) is 2. The third kappa shape index (κ3) is 3.61. The summed E-state index contributed by atoms with van der Waals surface area (Å²) in [6.07, 6.45) is 1.73. The molecule has 28 heavy (non-hydrogen) atoms. The van der Waals surface area contributed by atoms with Crippen molar-refractivity contribution < 1.29 is 29.2 Å². The van der Waals surface area contributed by atoms with Crippen LogP contribution in [0.3, 0.4) is 0 Å². The van der Waals surface area contributed by atoms with Crippen LogP contribution in [-0.4, -0.2) is 51.2 Å². The highest BCUT2D eigenvalue weighted by molar-refractivity contribution is 6.14. The van der Waals surface area contributed by atoms with Gasteiger partial charge in [-0.3, -0.25) is 4.79 Å². The molecule has 0 radical (unpaired) electrons. The van der Waals surface area contributed by atoms with Crippen molar-refractivity contribution in [3.63, 3.8) is 0 Å². The molecule has 2 aliphatic rings. The number of phenols is 1. The smallest absolute Gasteiger partial charge is 0.231 e. The van der Waals surface area contributed by atoms with Crippen LogP contribution in [0.5, 0.6) is 17.2 Å². The predicted molar refractivity (Wildman–Crippen MR) is 105 cm³/mol. The van der Waals surface area contributed by atoms with Crippen molar-refractivity contribution in [3.8, 4) is 17.2 Å². The van der Waals surface area contributed by atoms with Crippen LogP contribution < -0.4 is 19.3 Å². The summed E-state index contributed by atoms with van der Waals surface area (Å²) in [6, 6.07) is 10.7. The number of carbonyl (C=O) groups excluding carboxylic acids is 1. The number of carbonyl (C=O) groups is 1. The van der Waals surface area contributed by atoms with Crippen LogP contribution in [0.1, 0.15) is 21.5 Å². The van der Waals surface area contributed by atoms with Gasteiger partial charge in [0.1, 0.15) is 44.2 Å². The fourth-order valence-electron chi connectivity index (χ4n) is 3.78. The van der Waals surface area contributed by atoms with Gasteiger partial charge < -0.3 is 24.4 Å². The number of fused-ring (bicyclic) bond motifs is 1. The van der Waals surface area contributed by atoms with Crippen molar-refractivity contribution in [1.29, 1.82) is 0 Å². The van der Waals surface area contributed by atoms with Crippen molar-refractivity contribution in [2.24, 2.45) is 0 Å². The second-order valence-electron chi connectivity index (χ2n) is 7.54. The first-order chi connectivity index (χ1) is 13.5. The number of nitrogens with one attached hydrogen (secondary N) is 2. The van der Waals surface area contributed by atoms with Crippen LogP contribution in [0.2, 0.25) is 0 Å². The number of allylic oxidation sites excluding steroid dienone is 1. The van der Waals surface area contributed by atoms with E-state index in [-0.39, 0.29) is 17.3 Å². The average Bonchev–Trinajstić information content (AvgIpc) is 3.02. The summed E-state index contributed by atoms with van der Waals surface area (Å²) in [7, 11) is 3.82. The van der Waals surface area contributed by atoms with E-state index in [1.807, 2.05) is 24.3 Å². The molecule has 0 aliphatic carbocycles. The first-order valence-electron chi connectivity index (χ1n) is 9.63. The summed E-state index contributed by atoms with van der Waals surface area (Å²) in [5.74, 6) is 1.59. The topological polar surface area (TPSA) is 64.6 Å². The van der Waals surface area contributed by atoms with Crippen LogP contribution in [-0.2, 0) is 6.54 Å². The molecule has 146 valence electrons. The molecule has 1 saturated heterocycles. The van der Waals surface area contributed by atoms with Crippen LogP contribution in [0.15, 0.2) is 42.2 Å². The third-order valence-corrected chi connectivity index (χ3v) is 5.57. The Hall–Kier alpha value is -2.83. The van der Waals surface area contributed by atoms with Gasteiger partial charge in [0.15, 0.2) is 11.5 Å². The van der Waals surface area contributed by atoms with Gasteiger partial charge in [-0.2, -0.15) is 0 Å². The molecule has 2 heterocycles. The maximum absolute atomic E-state index is 12.8. The minimum Gasteiger partial charge on any atom is -0.507 e. The van der Waals surface area contributed by atoms with E-state index >= 15 is 0 Å². The molecule has 1 fully saturated rings. The molecule has 0 aromatic heterocycles. The zero-order valence-corrected chi connectivity index (χ0v) is 16.2. The fraction of sp³-hybridized carbons (Fsp3) is 0.318. The molecule has 4 rings (SSSR count). The molecule has 2 aromatic rings. The zero-order chi connectivity index (χ0) is 19.7. The second-order valence-corrected chi connectivity index (χ2v) is 7.54. The number of phenolic OH excluding ortho intramolecular Hbond substituents is 1. The Morgan fingerprint density at radius 2 is 1.82 bits per heavy atom. The minimum absolute atomic E-state index is 0.148. The van der Waals surface area contributed by atoms with E-state index in [1.54, 1.807) is 25.3 Å². The molecule has 0 atom stereocenters. The Morgan fingerprint density at radius 3 is 2.50 bits per heavy atom. The van der Waals surface area contributed by atoms with Crippen LogP contribution >= 0.6 is 0 Å². The Bertz CT molecular complexity index is 913. The number of methoxy groups -OCH3 is 1. The average molecular weight is 382 g/mol. The van der Waals surface area contributed by atoms with Crippen LogP contribution in [0.4, 0.5) is 0 Å². The predicted octanol–water partition coefficient (Wildman–Crippen LogP) is -0.0698. The number of Topliss-reactive ketones (excluding diaryl/α,β-unsaturated/α-hetero) is 1. The Labute approximate surface area is 164 Å². The van der Waals surface area contributed by atoms with Gasteiger partial charge in [-0.1, -0.05) is 12.1 Å². The molecule has 0 saturated carbocycles. The zero-order valence-electron chi connectivity index (χ0n) is 16.2. The van der Waals surface area contributed by atoms with E-state index in [4.69, 9.17) is 9.47 Å². The molecule has 6 heteroatoms. The number of ketones is 1. The highest BCUT2D eigenvalue weighted by atomic mass is 16.5. The molecule has 0 unspecified atom stereocenters. The summed E-state index contributed by atoms with van der Waals surface area (Å²) in [4.78, 5) is 15.7. The molecule has 2 aromatic carbocycles. The minimum atomic E-state index is -0.148. The SMILES string of the molecule is COc1ccc(C=C2Oc3c(ccc(O)c3C[NH+]3CC[NH+](C)CC3)C2=O)cc1. The van der Waals surface area contributed by atoms with Crippen LogP contribution in [0, 0.1) is 0 Å². The van der Waals surface area contributed by atoms with Gasteiger partial charge in [0.2, 0.25) is 5.78 Å². The largest absolute Gasteiger partial charge is 0.507 e. The lowest BCUT2D eigenvalue weighted by Crippen LogP contribution is -3.26. The molecule has 0 bridgehead atoms. The number of hydrogen-bond acceptors (Lipinski definition) is 4. The highest BCUT2D eigenvalue weighted by Gasteiger charge is 2.33. The maximum Gasteiger partial charge on any atom is 0.231 e. The monoisotopic (exact) mass is 382 g/mol. The molecule has 0 spiro atoms. The number of rotatable bonds is 4. The Morgan fingerprint density at radius 1 is 1.11 bits per heavy atom. The normalized spacial score (nSPS) is 22.8. The van der Waals surface area contributed by atoms with Gasteiger partial charge in [-0.05, 0) is 35.9 Å². The summed E-state index contributed by atoms with van der Waals surface area (Å²) in [5.41, 5.74) is 2.10. The van der Waals surface area contributed by atoms with E-state index in [0.717, 1.165) is 43.1 Å². The number of benzene rings is 2. The van der Waals surface area contributed by atoms with Crippen molar-refractivity contribution >= 4 is 11.9 Å². The summed E-state index contributed by atoms with van der Waals surface area (Å²) in [5, 5.41) is 10.4. The summed E-state index contributed by atoms with van der Waals surface area (Å²) in [6.45, 7) is 4.95.